The molecule has 0 bridgehead atoms. The summed E-state index contributed by atoms with van der Waals surface area (Å²) in [5.74, 6) is 2.05. The van der Waals surface area contributed by atoms with Crippen LogP contribution in [-0.2, 0) is 10.3 Å². The van der Waals surface area contributed by atoms with Crippen LogP contribution in [0.4, 0.5) is 0 Å². The van der Waals surface area contributed by atoms with Crippen LogP contribution in [0.15, 0.2) is 16.5 Å². The Bertz CT molecular complexity index is 365. The van der Waals surface area contributed by atoms with Crippen molar-refractivity contribution in [2.45, 2.75) is 12.5 Å². The molecule has 0 radical (unpaired) electrons. The first-order valence-electron chi connectivity index (χ1n) is 5.92. The lowest BCUT2D eigenvalue weighted by Crippen LogP contribution is -2.63. The number of hydrogen-bond donors (Lipinski definition) is 1. The molecule has 3 heterocycles. The molecule has 2 aliphatic rings. The second-order valence-electron chi connectivity index (χ2n) is 4.67. The van der Waals surface area contributed by atoms with Gasteiger partial charge in [0, 0.05) is 26.2 Å². The van der Waals surface area contributed by atoms with Crippen molar-refractivity contribution in [3.8, 4) is 0 Å². The van der Waals surface area contributed by atoms with Crippen molar-refractivity contribution in [3.05, 3.63) is 23.7 Å². The molecule has 4 nitrogen and oxygen atoms in total. The molecule has 0 atom stereocenters. The predicted octanol–water partition coefficient (Wildman–Crippen LogP) is 0.719. The quantitative estimate of drug-likeness (QED) is 0.800. The molecule has 1 N–H and O–H groups in total. The van der Waals surface area contributed by atoms with Crippen LogP contribution in [0.5, 0.6) is 0 Å². The molecule has 0 unspecified atom stereocenters. The van der Waals surface area contributed by atoms with E-state index in [1.807, 2.05) is 13.0 Å². The molecule has 0 aromatic carbocycles. The van der Waals surface area contributed by atoms with Gasteiger partial charge >= 0.3 is 0 Å². The summed E-state index contributed by atoms with van der Waals surface area (Å²) in [6.07, 6.45) is 0. The molecule has 88 valence electrons. The molecule has 1 aromatic heterocycles. The first-order valence-corrected chi connectivity index (χ1v) is 5.92. The molecule has 4 heteroatoms. The smallest absolute Gasteiger partial charge is 0.129 e. The molecule has 2 saturated heterocycles. The number of aryl methyl sites for hydroxylation is 1. The summed E-state index contributed by atoms with van der Waals surface area (Å²) in [4.78, 5) is 2.49. The van der Waals surface area contributed by atoms with Gasteiger partial charge in [0.05, 0.1) is 13.2 Å². The zero-order valence-corrected chi connectivity index (χ0v) is 9.66. The van der Waals surface area contributed by atoms with E-state index in [2.05, 4.69) is 16.3 Å². The Morgan fingerprint density at radius 2 is 2.00 bits per heavy atom. The highest BCUT2D eigenvalue weighted by Crippen LogP contribution is 2.37. The highest BCUT2D eigenvalue weighted by molar-refractivity contribution is 5.19. The average molecular weight is 222 g/mol. The van der Waals surface area contributed by atoms with E-state index in [0.29, 0.717) is 0 Å². The van der Waals surface area contributed by atoms with Gasteiger partial charge in [-0.3, -0.25) is 4.90 Å². The summed E-state index contributed by atoms with van der Waals surface area (Å²) in [6.45, 7) is 7.78. The maximum atomic E-state index is 5.80. The summed E-state index contributed by atoms with van der Waals surface area (Å²) in [5, 5.41) is 3.38. The van der Waals surface area contributed by atoms with Gasteiger partial charge in [-0.2, -0.15) is 0 Å². The van der Waals surface area contributed by atoms with Gasteiger partial charge in [0.25, 0.3) is 0 Å². The fourth-order valence-corrected chi connectivity index (χ4v) is 2.55. The van der Waals surface area contributed by atoms with Crippen LogP contribution < -0.4 is 5.32 Å². The number of ether oxygens (including phenoxy) is 1. The maximum absolute atomic E-state index is 5.80. The van der Waals surface area contributed by atoms with Crippen LogP contribution in [0.2, 0.25) is 0 Å². The third kappa shape index (κ3) is 1.49. The zero-order chi connectivity index (χ0) is 11.0. The van der Waals surface area contributed by atoms with Crippen LogP contribution in [0.25, 0.3) is 0 Å². The maximum Gasteiger partial charge on any atom is 0.129 e. The predicted molar refractivity (Wildman–Crippen MR) is 60.4 cm³/mol. The third-order valence-electron chi connectivity index (χ3n) is 3.60. The molecule has 0 amide bonds. The largest absolute Gasteiger partial charge is 0.464 e. The van der Waals surface area contributed by atoms with Gasteiger partial charge in [0.2, 0.25) is 0 Å². The average Bonchev–Trinajstić information content (AvgIpc) is 2.65. The standard InChI is InChI=1S/C12H18N2O2/c1-10-2-3-11(16-10)12(8-15-9-12)14-6-4-13-5-7-14/h2-3,13H,4-9H2,1H3. The Kier molecular flexibility index (Phi) is 2.50. The first kappa shape index (κ1) is 10.3. The number of piperazine rings is 1. The minimum absolute atomic E-state index is 0.0103. The summed E-state index contributed by atoms with van der Waals surface area (Å²) < 4.78 is 11.2. The number of furan rings is 1. The van der Waals surface area contributed by atoms with Gasteiger partial charge in [-0.25, -0.2) is 0 Å². The van der Waals surface area contributed by atoms with E-state index in [1.165, 1.54) is 0 Å². The monoisotopic (exact) mass is 222 g/mol. The highest BCUT2D eigenvalue weighted by Gasteiger charge is 2.48. The fourth-order valence-electron chi connectivity index (χ4n) is 2.55. The molecule has 0 spiro atoms. The Morgan fingerprint density at radius 1 is 1.25 bits per heavy atom. The lowest BCUT2D eigenvalue weighted by atomic mass is 9.91. The summed E-state index contributed by atoms with van der Waals surface area (Å²) in [6, 6.07) is 4.14. The van der Waals surface area contributed by atoms with Gasteiger partial charge in [0.15, 0.2) is 0 Å². The van der Waals surface area contributed by atoms with E-state index in [0.717, 1.165) is 50.9 Å². The van der Waals surface area contributed by atoms with Gasteiger partial charge in [0.1, 0.15) is 17.1 Å². The number of nitrogens with zero attached hydrogens (tertiary/aromatic N) is 1. The van der Waals surface area contributed by atoms with Crippen LogP contribution in [-0.4, -0.2) is 44.3 Å². The minimum atomic E-state index is 0.0103. The van der Waals surface area contributed by atoms with E-state index in [-0.39, 0.29) is 5.54 Å². The topological polar surface area (TPSA) is 37.6 Å². The van der Waals surface area contributed by atoms with Crippen LogP contribution in [0, 0.1) is 6.92 Å². The fraction of sp³-hybridized carbons (Fsp3) is 0.667. The van der Waals surface area contributed by atoms with E-state index >= 15 is 0 Å². The van der Waals surface area contributed by atoms with E-state index in [1.54, 1.807) is 0 Å². The summed E-state index contributed by atoms with van der Waals surface area (Å²) in [7, 11) is 0. The molecule has 3 rings (SSSR count). The number of rotatable bonds is 2. The number of hydrogen-bond acceptors (Lipinski definition) is 4. The normalized spacial score (nSPS) is 25.3. The van der Waals surface area contributed by atoms with Gasteiger partial charge in [-0.15, -0.1) is 0 Å². The molecule has 2 aliphatic heterocycles. The minimum Gasteiger partial charge on any atom is -0.464 e. The van der Waals surface area contributed by atoms with Crippen molar-refractivity contribution < 1.29 is 9.15 Å². The van der Waals surface area contributed by atoms with Gasteiger partial charge in [-0.05, 0) is 19.1 Å². The lowest BCUT2D eigenvalue weighted by molar-refractivity contribution is -0.158. The Hall–Kier alpha value is -0.840. The Labute approximate surface area is 95.6 Å². The van der Waals surface area contributed by atoms with Crippen molar-refractivity contribution in [1.82, 2.24) is 10.2 Å². The molecule has 0 saturated carbocycles. The van der Waals surface area contributed by atoms with Gasteiger partial charge in [-0.1, -0.05) is 0 Å². The van der Waals surface area contributed by atoms with E-state index < -0.39 is 0 Å². The highest BCUT2D eigenvalue weighted by atomic mass is 16.5. The SMILES string of the molecule is Cc1ccc(C2(N3CCNCC3)COC2)o1. The van der Waals surface area contributed by atoms with Crippen LogP contribution >= 0.6 is 0 Å². The lowest BCUT2D eigenvalue weighted by Gasteiger charge is -2.49. The van der Waals surface area contributed by atoms with Crippen LogP contribution in [0.1, 0.15) is 11.5 Å². The molecular weight excluding hydrogens is 204 g/mol. The molecule has 1 aromatic rings. The zero-order valence-electron chi connectivity index (χ0n) is 9.66. The molecule has 2 fully saturated rings. The summed E-state index contributed by atoms with van der Waals surface area (Å²) >= 11 is 0. The van der Waals surface area contributed by atoms with Crippen molar-refractivity contribution >= 4 is 0 Å². The molecule has 16 heavy (non-hydrogen) atoms. The van der Waals surface area contributed by atoms with Crippen molar-refractivity contribution in [1.29, 1.82) is 0 Å². The van der Waals surface area contributed by atoms with Gasteiger partial charge < -0.3 is 14.5 Å². The number of nitrogens with one attached hydrogen (secondary N) is 1. The molecule has 0 aliphatic carbocycles. The van der Waals surface area contributed by atoms with Crippen molar-refractivity contribution in [3.63, 3.8) is 0 Å². The second-order valence-corrected chi connectivity index (χ2v) is 4.67. The Balaban J connectivity index is 1.87. The first-order chi connectivity index (χ1) is 7.81. The van der Waals surface area contributed by atoms with E-state index in [4.69, 9.17) is 9.15 Å². The third-order valence-corrected chi connectivity index (χ3v) is 3.60. The Morgan fingerprint density at radius 3 is 2.50 bits per heavy atom. The van der Waals surface area contributed by atoms with Crippen molar-refractivity contribution in [2.24, 2.45) is 0 Å². The molecular formula is C12H18N2O2. The van der Waals surface area contributed by atoms with E-state index in [9.17, 15) is 0 Å². The second kappa shape index (κ2) is 3.87. The van der Waals surface area contributed by atoms with Crippen LogP contribution in [0.3, 0.4) is 0 Å². The van der Waals surface area contributed by atoms with Crippen molar-refractivity contribution in [2.75, 3.05) is 39.4 Å². The summed E-state index contributed by atoms with van der Waals surface area (Å²) in [5.41, 5.74) is 0.0103.